The first-order chi connectivity index (χ1) is 18.4. The molecule has 7 nitrogen and oxygen atoms in total. The molecule has 8 heteroatoms. The van der Waals surface area contributed by atoms with Crippen LogP contribution in [0.5, 0.6) is 11.6 Å². The van der Waals surface area contributed by atoms with E-state index in [4.69, 9.17) is 9.47 Å². The maximum atomic E-state index is 14.9. The number of nitrogens with one attached hydrogen (secondary N) is 1. The fraction of sp³-hybridized carbons (Fsp3) is 0.400. The predicted octanol–water partition coefficient (Wildman–Crippen LogP) is 4.63. The Labute approximate surface area is 222 Å². The van der Waals surface area contributed by atoms with Crippen LogP contribution in [0, 0.1) is 11.7 Å². The Hall–Kier alpha value is -3.49. The highest BCUT2D eigenvalue weighted by atomic mass is 19.1. The Morgan fingerprint density at radius 2 is 2.03 bits per heavy atom. The Morgan fingerprint density at radius 1 is 1.21 bits per heavy atom. The fourth-order valence-corrected chi connectivity index (χ4v) is 5.27. The van der Waals surface area contributed by atoms with E-state index in [2.05, 4.69) is 21.3 Å². The molecule has 1 aromatic heterocycles. The lowest BCUT2D eigenvalue weighted by Gasteiger charge is -2.30. The molecule has 0 bridgehead atoms. The van der Waals surface area contributed by atoms with Crippen molar-refractivity contribution >= 4 is 5.97 Å². The summed E-state index contributed by atoms with van der Waals surface area (Å²) >= 11 is 0. The zero-order valence-corrected chi connectivity index (χ0v) is 21.9. The van der Waals surface area contributed by atoms with Crippen LogP contribution in [0.15, 0.2) is 48.7 Å². The van der Waals surface area contributed by atoms with Gasteiger partial charge >= 0.3 is 5.97 Å². The number of aryl methyl sites for hydroxylation is 1. The summed E-state index contributed by atoms with van der Waals surface area (Å²) in [6, 6.07) is 13.8. The quantitative estimate of drug-likeness (QED) is 0.449. The first kappa shape index (κ1) is 26.1. The Balaban J connectivity index is 1.45. The number of rotatable bonds is 8. The molecule has 0 amide bonds. The molecule has 38 heavy (non-hydrogen) atoms. The minimum absolute atomic E-state index is 0.137. The van der Waals surface area contributed by atoms with Gasteiger partial charge in [-0.3, -0.25) is 9.69 Å². The number of carboxylic acids is 1. The van der Waals surface area contributed by atoms with Crippen LogP contribution in [0.1, 0.15) is 41.7 Å². The maximum absolute atomic E-state index is 14.9. The second-order valence-electron chi connectivity index (χ2n) is 10.2. The van der Waals surface area contributed by atoms with Gasteiger partial charge in [-0.2, -0.15) is 0 Å². The number of benzene rings is 2. The number of pyridine rings is 1. The van der Waals surface area contributed by atoms with Crippen LogP contribution in [-0.4, -0.2) is 54.2 Å². The first-order valence-corrected chi connectivity index (χ1v) is 13.2. The van der Waals surface area contributed by atoms with Gasteiger partial charge in [0.15, 0.2) is 0 Å². The molecule has 2 unspecified atom stereocenters. The van der Waals surface area contributed by atoms with E-state index >= 15 is 0 Å². The van der Waals surface area contributed by atoms with Crippen LogP contribution in [0.3, 0.4) is 0 Å². The smallest absolute Gasteiger partial charge is 0.306 e. The van der Waals surface area contributed by atoms with Gasteiger partial charge in [-0.25, -0.2) is 9.37 Å². The summed E-state index contributed by atoms with van der Waals surface area (Å²) in [5.74, 6) is -0.458. The zero-order valence-electron chi connectivity index (χ0n) is 21.9. The van der Waals surface area contributed by atoms with Gasteiger partial charge in [0.2, 0.25) is 5.88 Å². The highest BCUT2D eigenvalue weighted by Crippen LogP contribution is 2.38. The highest BCUT2D eigenvalue weighted by molar-refractivity contribution is 5.70. The lowest BCUT2D eigenvalue weighted by Crippen LogP contribution is -2.43. The van der Waals surface area contributed by atoms with Crippen LogP contribution < -0.4 is 14.8 Å². The molecule has 5 rings (SSSR count). The second kappa shape index (κ2) is 11.5. The molecule has 1 saturated heterocycles. The van der Waals surface area contributed by atoms with Gasteiger partial charge in [0.1, 0.15) is 17.7 Å². The van der Waals surface area contributed by atoms with Gasteiger partial charge < -0.3 is 19.9 Å². The number of aromatic nitrogens is 1. The number of ether oxygens (including phenoxy) is 2. The van der Waals surface area contributed by atoms with Crippen molar-refractivity contribution in [3.8, 4) is 22.8 Å². The minimum atomic E-state index is -0.804. The van der Waals surface area contributed by atoms with Crippen molar-refractivity contribution in [3.63, 3.8) is 0 Å². The molecule has 0 spiro atoms. The summed E-state index contributed by atoms with van der Waals surface area (Å²) in [6.45, 7) is 6.13. The number of methoxy groups -OCH3 is 1. The van der Waals surface area contributed by atoms with E-state index in [9.17, 15) is 14.3 Å². The molecule has 2 aliphatic rings. The monoisotopic (exact) mass is 519 g/mol. The van der Waals surface area contributed by atoms with Crippen molar-refractivity contribution in [1.29, 1.82) is 0 Å². The van der Waals surface area contributed by atoms with Crippen molar-refractivity contribution < 1.29 is 23.8 Å². The molecule has 3 aromatic rings. The fourth-order valence-electron chi connectivity index (χ4n) is 5.27. The second-order valence-corrected chi connectivity index (χ2v) is 10.2. The van der Waals surface area contributed by atoms with E-state index in [1.54, 1.807) is 13.0 Å². The maximum Gasteiger partial charge on any atom is 0.306 e. The number of carbonyl (C=O) groups is 1. The van der Waals surface area contributed by atoms with Crippen molar-refractivity contribution in [1.82, 2.24) is 15.2 Å². The van der Waals surface area contributed by atoms with Gasteiger partial charge in [0.05, 0.1) is 19.2 Å². The largest absolute Gasteiger partial charge is 0.485 e. The molecule has 2 atom stereocenters. The summed E-state index contributed by atoms with van der Waals surface area (Å²) in [4.78, 5) is 17.7. The molecule has 2 aromatic carbocycles. The Morgan fingerprint density at radius 3 is 2.79 bits per heavy atom. The van der Waals surface area contributed by atoms with Crippen molar-refractivity contribution in [2.45, 2.75) is 38.8 Å². The number of halogens is 1. The van der Waals surface area contributed by atoms with Crippen LogP contribution in [0.2, 0.25) is 0 Å². The van der Waals surface area contributed by atoms with Crippen LogP contribution in [-0.2, 0) is 24.2 Å². The highest BCUT2D eigenvalue weighted by Gasteiger charge is 2.24. The topological polar surface area (TPSA) is 83.9 Å². The Kier molecular flexibility index (Phi) is 7.90. The number of nitrogens with zero attached hydrogens (tertiary/aromatic N) is 2. The molecule has 1 fully saturated rings. The van der Waals surface area contributed by atoms with E-state index in [0.29, 0.717) is 24.4 Å². The molecule has 0 saturated carbocycles. The number of aliphatic carboxylic acids is 1. The third-order valence-corrected chi connectivity index (χ3v) is 7.47. The average Bonchev–Trinajstić information content (AvgIpc) is 2.93. The lowest BCUT2D eigenvalue weighted by molar-refractivity contribution is -0.141. The summed E-state index contributed by atoms with van der Waals surface area (Å²) in [6.07, 6.45) is 3.24. The van der Waals surface area contributed by atoms with Gasteiger partial charge in [-0.15, -0.1) is 0 Å². The van der Waals surface area contributed by atoms with Gasteiger partial charge in [-0.1, -0.05) is 37.3 Å². The van der Waals surface area contributed by atoms with Crippen LogP contribution >= 0.6 is 0 Å². The third-order valence-electron chi connectivity index (χ3n) is 7.47. The number of hydrogen-bond acceptors (Lipinski definition) is 6. The number of fused-ring (bicyclic) bond motifs is 1. The molecule has 2 N–H and O–H groups in total. The summed E-state index contributed by atoms with van der Waals surface area (Å²) in [5, 5.41) is 12.7. The molecular formula is C30H34FN3O4. The van der Waals surface area contributed by atoms with Crippen molar-refractivity contribution in [2.75, 3.05) is 33.3 Å². The van der Waals surface area contributed by atoms with Gasteiger partial charge in [-0.05, 0) is 53.1 Å². The molecule has 200 valence electrons. The normalized spacial score (nSPS) is 18.3. The van der Waals surface area contributed by atoms with Crippen molar-refractivity contribution in [2.24, 2.45) is 5.92 Å². The lowest BCUT2D eigenvalue weighted by atomic mass is 9.91. The molecule has 2 aliphatic heterocycles. The standard InChI is InChI=1S/C30H34FN3O4/c1-19(30(35)36)13-20-3-4-21-6-8-27(38-28(21)14-20)22-5-7-24(25-16-29(37-2)33-17-26(25)31)23(15-22)18-34-11-9-32-10-12-34/h3-5,7,14-17,19,27,32H,6,8-13,18H2,1-2H3,(H,35,36). The third kappa shape index (κ3) is 5.81. The molecule has 3 heterocycles. The number of hydrogen-bond donors (Lipinski definition) is 2. The summed E-state index contributed by atoms with van der Waals surface area (Å²) < 4.78 is 26.7. The van der Waals surface area contributed by atoms with E-state index in [1.165, 1.54) is 13.3 Å². The Bertz CT molecular complexity index is 1310. The number of piperazine rings is 1. The minimum Gasteiger partial charge on any atom is -0.485 e. The van der Waals surface area contributed by atoms with Crippen LogP contribution in [0.25, 0.3) is 11.1 Å². The SMILES string of the molecule is COc1cc(-c2ccc(C3CCc4ccc(CC(C)C(=O)O)cc4O3)cc2CN2CCNCC2)c(F)cn1. The summed E-state index contributed by atoms with van der Waals surface area (Å²) in [7, 11) is 1.53. The first-order valence-electron chi connectivity index (χ1n) is 13.2. The zero-order chi connectivity index (χ0) is 26.6. The van der Waals surface area contributed by atoms with Crippen LogP contribution in [0.4, 0.5) is 4.39 Å². The van der Waals surface area contributed by atoms with E-state index in [1.807, 2.05) is 30.3 Å². The predicted molar refractivity (Wildman–Crippen MR) is 143 cm³/mol. The van der Waals surface area contributed by atoms with E-state index < -0.39 is 11.9 Å². The van der Waals surface area contributed by atoms with Gasteiger partial charge in [0, 0.05) is 44.4 Å². The number of carboxylic acid groups (broad SMARTS) is 1. The molecule has 0 aliphatic carbocycles. The molecular weight excluding hydrogens is 485 g/mol. The van der Waals surface area contributed by atoms with E-state index in [0.717, 1.165) is 72.6 Å². The average molecular weight is 520 g/mol. The molecule has 0 radical (unpaired) electrons. The van der Waals surface area contributed by atoms with Gasteiger partial charge in [0.25, 0.3) is 0 Å². The van der Waals surface area contributed by atoms with E-state index in [-0.39, 0.29) is 11.9 Å². The summed E-state index contributed by atoms with van der Waals surface area (Å²) in [5.41, 5.74) is 5.48. The van der Waals surface area contributed by atoms with Crippen molar-refractivity contribution in [3.05, 3.63) is 76.7 Å².